The van der Waals surface area contributed by atoms with Crippen LogP contribution in [0.4, 0.5) is 10.2 Å². The predicted molar refractivity (Wildman–Crippen MR) is 104 cm³/mol. The van der Waals surface area contributed by atoms with Gasteiger partial charge in [0, 0.05) is 12.7 Å². The van der Waals surface area contributed by atoms with Crippen LogP contribution in [-0.2, 0) is 11.3 Å². The van der Waals surface area contributed by atoms with Crippen LogP contribution in [0.3, 0.4) is 0 Å². The molecule has 1 aliphatic heterocycles. The van der Waals surface area contributed by atoms with Crippen LogP contribution in [0.2, 0.25) is 0 Å². The van der Waals surface area contributed by atoms with Gasteiger partial charge in [-0.2, -0.15) is 0 Å². The van der Waals surface area contributed by atoms with Gasteiger partial charge in [-0.25, -0.2) is 9.37 Å². The summed E-state index contributed by atoms with van der Waals surface area (Å²) in [6.45, 7) is 0.263. The summed E-state index contributed by atoms with van der Waals surface area (Å²) in [5.74, 6) is -0.325. The first-order valence-corrected chi connectivity index (χ1v) is 9.93. The van der Waals surface area contributed by atoms with E-state index >= 15 is 0 Å². The lowest BCUT2D eigenvalue weighted by Crippen LogP contribution is -2.45. The van der Waals surface area contributed by atoms with E-state index in [1.54, 1.807) is 36.5 Å². The molecule has 28 heavy (non-hydrogen) atoms. The molecule has 1 aromatic heterocycles. The Morgan fingerprint density at radius 3 is 2.71 bits per heavy atom. The number of nitrogens with one attached hydrogen (secondary N) is 1. The molecule has 1 aliphatic carbocycles. The summed E-state index contributed by atoms with van der Waals surface area (Å²) in [7, 11) is 0. The number of carbonyl (C=O) groups is 2. The highest BCUT2D eigenvalue weighted by molar-refractivity contribution is 6.03. The lowest BCUT2D eigenvalue weighted by molar-refractivity contribution is -0.121. The molecule has 1 fully saturated rings. The molecule has 6 heteroatoms. The van der Waals surface area contributed by atoms with E-state index < -0.39 is 17.8 Å². The molecule has 2 aliphatic rings. The van der Waals surface area contributed by atoms with Gasteiger partial charge in [-0.3, -0.25) is 9.59 Å². The minimum atomic E-state index is -0.635. The van der Waals surface area contributed by atoms with Crippen molar-refractivity contribution in [1.82, 2.24) is 9.88 Å². The maximum atomic E-state index is 14.2. The van der Waals surface area contributed by atoms with Gasteiger partial charge in [-0.05, 0) is 36.1 Å². The fraction of sp³-hybridized carbons (Fsp3) is 0.409. The molecule has 0 spiro atoms. The summed E-state index contributed by atoms with van der Waals surface area (Å²) >= 11 is 0. The SMILES string of the molecule is O=C(Nc1ccccn1)C(CC1CCCCC1)N1Cc2cccc(F)c2C1=O. The van der Waals surface area contributed by atoms with Gasteiger partial charge in [-0.15, -0.1) is 0 Å². The van der Waals surface area contributed by atoms with Crippen LogP contribution in [0.15, 0.2) is 42.6 Å². The maximum Gasteiger partial charge on any atom is 0.258 e. The Hall–Kier alpha value is -2.76. The summed E-state index contributed by atoms with van der Waals surface area (Å²) in [5, 5.41) is 2.83. The van der Waals surface area contributed by atoms with Crippen LogP contribution < -0.4 is 5.32 Å². The Labute approximate surface area is 164 Å². The third-order valence-corrected chi connectivity index (χ3v) is 5.79. The summed E-state index contributed by atoms with van der Waals surface area (Å²) in [4.78, 5) is 31.7. The van der Waals surface area contributed by atoms with Crippen molar-refractivity contribution in [3.8, 4) is 0 Å². The molecule has 1 atom stereocenters. The number of hydrogen-bond acceptors (Lipinski definition) is 3. The Balaban J connectivity index is 1.58. The fourth-order valence-electron chi connectivity index (χ4n) is 4.35. The molecule has 5 nitrogen and oxygen atoms in total. The van der Waals surface area contributed by atoms with E-state index in [9.17, 15) is 14.0 Å². The molecule has 2 heterocycles. The van der Waals surface area contributed by atoms with Crippen LogP contribution in [0.25, 0.3) is 0 Å². The molecule has 0 radical (unpaired) electrons. The molecule has 1 unspecified atom stereocenters. The smallest absolute Gasteiger partial charge is 0.258 e. The average molecular weight is 381 g/mol. The number of carbonyl (C=O) groups excluding carboxylic acids is 2. The van der Waals surface area contributed by atoms with E-state index in [1.807, 2.05) is 0 Å². The molecule has 2 amide bonds. The number of pyridine rings is 1. The van der Waals surface area contributed by atoms with Crippen molar-refractivity contribution in [1.29, 1.82) is 0 Å². The second-order valence-corrected chi connectivity index (χ2v) is 7.67. The Morgan fingerprint density at radius 2 is 2.00 bits per heavy atom. The van der Waals surface area contributed by atoms with E-state index in [1.165, 1.54) is 17.4 Å². The Morgan fingerprint density at radius 1 is 1.18 bits per heavy atom. The number of hydrogen-bond donors (Lipinski definition) is 1. The molecule has 1 N–H and O–H groups in total. The molecular formula is C22H24FN3O2. The third kappa shape index (κ3) is 3.77. The minimum Gasteiger partial charge on any atom is -0.322 e. The number of aromatic nitrogens is 1. The van der Waals surface area contributed by atoms with Crippen molar-refractivity contribution >= 4 is 17.6 Å². The van der Waals surface area contributed by atoms with Crippen molar-refractivity contribution in [2.24, 2.45) is 5.92 Å². The highest BCUT2D eigenvalue weighted by Crippen LogP contribution is 2.33. The number of nitrogens with zero attached hydrogens (tertiary/aromatic N) is 2. The Bertz CT molecular complexity index is 865. The van der Waals surface area contributed by atoms with Crippen LogP contribution in [0.1, 0.15) is 54.4 Å². The summed E-state index contributed by atoms with van der Waals surface area (Å²) in [6, 6.07) is 9.31. The van der Waals surface area contributed by atoms with Gasteiger partial charge < -0.3 is 10.2 Å². The standard InChI is InChI=1S/C22H24FN3O2/c23-17-10-6-9-16-14-26(22(28)20(16)17)18(13-15-7-2-1-3-8-15)21(27)25-19-11-4-5-12-24-19/h4-6,9-12,15,18H,1-3,7-8,13-14H2,(H,24,25,27). The maximum absolute atomic E-state index is 14.2. The van der Waals surface area contributed by atoms with Crippen LogP contribution in [0, 0.1) is 11.7 Å². The molecule has 1 saturated carbocycles. The van der Waals surface area contributed by atoms with E-state index in [2.05, 4.69) is 10.3 Å². The van der Waals surface area contributed by atoms with Gasteiger partial charge in [-0.1, -0.05) is 50.3 Å². The number of rotatable bonds is 5. The monoisotopic (exact) mass is 381 g/mol. The molecule has 2 aromatic rings. The largest absolute Gasteiger partial charge is 0.322 e. The third-order valence-electron chi connectivity index (χ3n) is 5.79. The minimum absolute atomic E-state index is 0.0989. The van der Waals surface area contributed by atoms with Gasteiger partial charge in [0.1, 0.15) is 17.7 Å². The van der Waals surface area contributed by atoms with E-state index in [-0.39, 0.29) is 18.0 Å². The van der Waals surface area contributed by atoms with Gasteiger partial charge in [0.25, 0.3) is 5.91 Å². The quantitative estimate of drug-likeness (QED) is 0.846. The van der Waals surface area contributed by atoms with Crippen molar-refractivity contribution in [2.45, 2.75) is 51.1 Å². The zero-order valence-corrected chi connectivity index (χ0v) is 15.7. The lowest BCUT2D eigenvalue weighted by atomic mass is 9.84. The van der Waals surface area contributed by atoms with Gasteiger partial charge in [0.05, 0.1) is 5.56 Å². The molecule has 0 bridgehead atoms. The molecule has 1 aromatic carbocycles. The van der Waals surface area contributed by atoms with E-state index in [0.717, 1.165) is 25.7 Å². The van der Waals surface area contributed by atoms with E-state index in [0.29, 0.717) is 23.7 Å². The van der Waals surface area contributed by atoms with Gasteiger partial charge >= 0.3 is 0 Å². The number of fused-ring (bicyclic) bond motifs is 1. The zero-order valence-electron chi connectivity index (χ0n) is 15.7. The van der Waals surface area contributed by atoms with Crippen molar-refractivity contribution in [2.75, 3.05) is 5.32 Å². The average Bonchev–Trinajstić information content (AvgIpc) is 3.05. The molecule has 146 valence electrons. The Kier molecular flexibility index (Phi) is 5.37. The number of benzene rings is 1. The van der Waals surface area contributed by atoms with Crippen LogP contribution in [-0.4, -0.2) is 27.7 Å². The van der Waals surface area contributed by atoms with Gasteiger partial charge in [0.2, 0.25) is 5.91 Å². The summed E-state index contributed by atoms with van der Waals surface area (Å²) < 4.78 is 14.2. The summed E-state index contributed by atoms with van der Waals surface area (Å²) in [5.41, 5.74) is 0.742. The fourth-order valence-corrected chi connectivity index (χ4v) is 4.35. The first-order chi connectivity index (χ1) is 13.6. The van der Waals surface area contributed by atoms with Crippen LogP contribution in [0.5, 0.6) is 0 Å². The zero-order chi connectivity index (χ0) is 19.5. The molecule has 4 rings (SSSR count). The second kappa shape index (κ2) is 8.09. The number of halogens is 1. The van der Waals surface area contributed by atoms with Crippen molar-refractivity contribution < 1.29 is 14.0 Å². The molecular weight excluding hydrogens is 357 g/mol. The number of anilines is 1. The highest BCUT2D eigenvalue weighted by atomic mass is 19.1. The first kappa shape index (κ1) is 18.6. The summed E-state index contributed by atoms with van der Waals surface area (Å²) in [6.07, 6.45) is 7.87. The normalized spacial score (nSPS) is 18.0. The van der Waals surface area contributed by atoms with Crippen LogP contribution >= 0.6 is 0 Å². The first-order valence-electron chi connectivity index (χ1n) is 9.93. The van der Waals surface area contributed by atoms with Crippen molar-refractivity contribution in [3.05, 3.63) is 59.5 Å². The lowest BCUT2D eigenvalue weighted by Gasteiger charge is -2.31. The molecule has 0 saturated heterocycles. The van der Waals surface area contributed by atoms with Gasteiger partial charge in [0.15, 0.2) is 0 Å². The van der Waals surface area contributed by atoms with E-state index in [4.69, 9.17) is 0 Å². The number of amides is 2. The topological polar surface area (TPSA) is 62.3 Å². The predicted octanol–water partition coefficient (Wildman–Crippen LogP) is 4.15. The second-order valence-electron chi connectivity index (χ2n) is 7.67. The van der Waals surface area contributed by atoms with Crippen molar-refractivity contribution in [3.63, 3.8) is 0 Å². The highest BCUT2D eigenvalue weighted by Gasteiger charge is 2.39.